The van der Waals surface area contributed by atoms with Crippen LogP contribution in [0, 0.1) is 0 Å². The van der Waals surface area contributed by atoms with E-state index in [1.165, 1.54) is 48.0 Å². The second kappa shape index (κ2) is 13.3. The first-order valence-electron chi connectivity index (χ1n) is 18.8. The molecule has 11 aromatic rings. The van der Waals surface area contributed by atoms with Crippen LogP contribution in [-0.2, 0) is 0 Å². The van der Waals surface area contributed by atoms with E-state index in [0.29, 0.717) is 17.6 Å². The highest BCUT2D eigenvalue weighted by Crippen LogP contribution is 2.43. The summed E-state index contributed by atoms with van der Waals surface area (Å²) in [4.78, 5) is 15.4. The van der Waals surface area contributed by atoms with Gasteiger partial charge in [0.1, 0.15) is 0 Å². The molecule has 5 heteroatoms. The summed E-state index contributed by atoms with van der Waals surface area (Å²) >= 11 is 1.86. The lowest BCUT2D eigenvalue weighted by molar-refractivity contribution is 0.953. The van der Waals surface area contributed by atoms with Crippen molar-refractivity contribution < 1.29 is 0 Å². The van der Waals surface area contributed by atoms with Gasteiger partial charge in [-0.05, 0) is 63.7 Å². The molecule has 0 unspecified atom stereocenters. The van der Waals surface area contributed by atoms with Crippen molar-refractivity contribution in [3.05, 3.63) is 194 Å². The molecule has 0 radical (unpaired) electrons. The Morgan fingerprint density at radius 2 is 0.857 bits per heavy atom. The van der Waals surface area contributed by atoms with Crippen molar-refractivity contribution in [3.63, 3.8) is 0 Å². The molecule has 262 valence electrons. The average molecular weight is 733 g/mol. The summed E-state index contributed by atoms with van der Waals surface area (Å²) in [6.45, 7) is 0. The minimum atomic E-state index is 0.584. The number of aromatic nitrogens is 4. The van der Waals surface area contributed by atoms with Crippen molar-refractivity contribution in [2.45, 2.75) is 0 Å². The lowest BCUT2D eigenvalue weighted by atomic mass is 9.99. The van der Waals surface area contributed by atoms with Crippen LogP contribution in [0.1, 0.15) is 0 Å². The van der Waals surface area contributed by atoms with Crippen LogP contribution in [0.3, 0.4) is 0 Å². The van der Waals surface area contributed by atoms with E-state index < -0.39 is 0 Å². The van der Waals surface area contributed by atoms with Gasteiger partial charge >= 0.3 is 0 Å². The van der Waals surface area contributed by atoms with Crippen LogP contribution >= 0.6 is 11.3 Å². The van der Waals surface area contributed by atoms with Crippen molar-refractivity contribution >= 4 is 53.3 Å². The summed E-state index contributed by atoms with van der Waals surface area (Å²) in [5.74, 6) is 1.84. The van der Waals surface area contributed by atoms with Gasteiger partial charge in [0.25, 0.3) is 0 Å². The van der Waals surface area contributed by atoms with Crippen LogP contribution in [0.5, 0.6) is 0 Å². The SMILES string of the molecule is c1ccc(-c2ccc(-c3nc(-c4ccccc4)nc(-n4c5ccccc5c5cc(-c6cccc7c6sc6ccc(-c8ccccc8)cc67)ccc54)n3)cc2)cc1. The van der Waals surface area contributed by atoms with E-state index in [1.54, 1.807) is 0 Å². The fourth-order valence-corrected chi connectivity index (χ4v) is 9.16. The lowest BCUT2D eigenvalue weighted by Gasteiger charge is -2.11. The summed E-state index contributed by atoms with van der Waals surface area (Å²) in [6.07, 6.45) is 0. The Kier molecular flexibility index (Phi) is 7.64. The van der Waals surface area contributed by atoms with Crippen molar-refractivity contribution in [2.24, 2.45) is 0 Å². The Labute approximate surface area is 327 Å². The monoisotopic (exact) mass is 732 g/mol. The highest BCUT2D eigenvalue weighted by molar-refractivity contribution is 7.26. The molecule has 11 rings (SSSR count). The van der Waals surface area contributed by atoms with Gasteiger partial charge in [-0.25, -0.2) is 4.98 Å². The fourth-order valence-electron chi connectivity index (χ4n) is 7.94. The van der Waals surface area contributed by atoms with Crippen LogP contribution in [0.15, 0.2) is 194 Å². The molecule has 0 bridgehead atoms. The molecule has 0 aliphatic heterocycles. The molecule has 0 amide bonds. The highest BCUT2D eigenvalue weighted by Gasteiger charge is 2.19. The smallest absolute Gasteiger partial charge is 0.238 e. The molecule has 0 aliphatic carbocycles. The summed E-state index contributed by atoms with van der Waals surface area (Å²) < 4.78 is 4.78. The highest BCUT2D eigenvalue weighted by atomic mass is 32.1. The van der Waals surface area contributed by atoms with Crippen molar-refractivity contribution in [3.8, 4) is 62.1 Å². The van der Waals surface area contributed by atoms with E-state index in [2.05, 4.69) is 174 Å². The van der Waals surface area contributed by atoms with Gasteiger partial charge < -0.3 is 0 Å². The Morgan fingerprint density at radius 1 is 0.339 bits per heavy atom. The van der Waals surface area contributed by atoms with Crippen molar-refractivity contribution in [2.75, 3.05) is 0 Å². The number of fused-ring (bicyclic) bond motifs is 6. The molecule has 0 N–H and O–H groups in total. The van der Waals surface area contributed by atoms with Gasteiger partial charge in [0.15, 0.2) is 11.6 Å². The summed E-state index contributed by atoms with van der Waals surface area (Å²) in [6, 6.07) is 68.6. The number of rotatable bonds is 6. The molecule has 4 nitrogen and oxygen atoms in total. The maximum absolute atomic E-state index is 5.19. The zero-order valence-corrected chi connectivity index (χ0v) is 31.0. The van der Waals surface area contributed by atoms with Crippen molar-refractivity contribution in [1.29, 1.82) is 0 Å². The predicted molar refractivity (Wildman–Crippen MR) is 234 cm³/mol. The van der Waals surface area contributed by atoms with Crippen LogP contribution in [-0.4, -0.2) is 19.5 Å². The molecule has 3 heterocycles. The van der Waals surface area contributed by atoms with Gasteiger partial charge in [-0.15, -0.1) is 11.3 Å². The minimum Gasteiger partial charge on any atom is -0.278 e. The van der Waals surface area contributed by atoms with Crippen molar-refractivity contribution in [1.82, 2.24) is 19.5 Å². The summed E-state index contributed by atoms with van der Waals surface area (Å²) in [7, 11) is 0. The topological polar surface area (TPSA) is 43.6 Å². The fraction of sp³-hybridized carbons (Fsp3) is 0. The zero-order valence-electron chi connectivity index (χ0n) is 30.2. The molecule has 0 atom stereocenters. The number of nitrogens with zero attached hydrogens (tertiary/aromatic N) is 4. The average Bonchev–Trinajstić information content (AvgIpc) is 3.82. The minimum absolute atomic E-state index is 0.584. The van der Waals surface area contributed by atoms with E-state index in [-0.39, 0.29) is 0 Å². The largest absolute Gasteiger partial charge is 0.278 e. The molecule has 0 spiro atoms. The van der Waals surface area contributed by atoms with E-state index >= 15 is 0 Å². The van der Waals surface area contributed by atoms with E-state index in [0.717, 1.165) is 38.5 Å². The van der Waals surface area contributed by atoms with Gasteiger partial charge in [0.2, 0.25) is 5.95 Å². The third kappa shape index (κ3) is 5.48. The van der Waals surface area contributed by atoms with Crippen LogP contribution in [0.25, 0.3) is 104 Å². The first kappa shape index (κ1) is 32.2. The van der Waals surface area contributed by atoms with E-state index in [1.807, 2.05) is 35.6 Å². The maximum atomic E-state index is 5.19. The molecule has 56 heavy (non-hydrogen) atoms. The zero-order chi connectivity index (χ0) is 37.0. The first-order chi connectivity index (χ1) is 27.7. The number of benzene rings is 8. The molecule has 0 saturated heterocycles. The standard InChI is InChI=1S/C51H32N4S/c1-4-13-33(14-5-1)35-23-25-37(26-24-35)50-52-49(36-17-8-3-9-18-36)53-51(54-50)55-45-22-11-10-19-41(45)43-32-39(27-29-46(43)55)40-20-12-21-42-44-31-38(34-15-6-2-7-16-34)28-30-47(44)56-48(40)42/h1-32H. The van der Waals surface area contributed by atoms with Gasteiger partial charge in [-0.2, -0.15) is 9.97 Å². The molecule has 0 aliphatic rings. The second-order valence-electron chi connectivity index (χ2n) is 14.0. The van der Waals surface area contributed by atoms with Gasteiger partial charge in [0, 0.05) is 42.1 Å². The summed E-state index contributed by atoms with van der Waals surface area (Å²) in [5, 5.41) is 4.88. The maximum Gasteiger partial charge on any atom is 0.238 e. The molecular formula is C51H32N4S. The Morgan fingerprint density at radius 3 is 1.59 bits per heavy atom. The molecule has 0 saturated carbocycles. The predicted octanol–water partition coefficient (Wildman–Crippen LogP) is 13.7. The second-order valence-corrected chi connectivity index (χ2v) is 15.1. The Bertz CT molecular complexity index is 3220. The number of para-hydroxylation sites is 1. The number of thiophene rings is 1. The van der Waals surface area contributed by atoms with Crippen LogP contribution < -0.4 is 0 Å². The first-order valence-corrected chi connectivity index (χ1v) is 19.6. The van der Waals surface area contributed by atoms with E-state index in [4.69, 9.17) is 15.0 Å². The molecule has 3 aromatic heterocycles. The summed E-state index contributed by atoms with van der Waals surface area (Å²) in [5.41, 5.74) is 11.2. The lowest BCUT2D eigenvalue weighted by Crippen LogP contribution is -2.06. The third-order valence-corrected chi connectivity index (χ3v) is 11.9. The van der Waals surface area contributed by atoms with Gasteiger partial charge in [0.05, 0.1) is 11.0 Å². The Hall–Kier alpha value is -7.21. The molecule has 8 aromatic carbocycles. The van der Waals surface area contributed by atoms with E-state index in [9.17, 15) is 0 Å². The van der Waals surface area contributed by atoms with Gasteiger partial charge in [-0.3, -0.25) is 4.57 Å². The number of hydrogen-bond donors (Lipinski definition) is 0. The van der Waals surface area contributed by atoms with Crippen LogP contribution in [0.2, 0.25) is 0 Å². The third-order valence-electron chi connectivity index (χ3n) is 10.7. The normalized spacial score (nSPS) is 11.6. The molecular weight excluding hydrogens is 701 g/mol. The van der Waals surface area contributed by atoms with Gasteiger partial charge in [-0.1, -0.05) is 164 Å². The Balaban J connectivity index is 1.07. The van der Waals surface area contributed by atoms with Crippen LogP contribution in [0.4, 0.5) is 0 Å². The number of hydrogen-bond acceptors (Lipinski definition) is 4. The quantitative estimate of drug-likeness (QED) is 0.171. The molecule has 0 fully saturated rings.